The Labute approximate surface area is 108 Å². The van der Waals surface area contributed by atoms with E-state index in [1.165, 1.54) is 23.2 Å². The fourth-order valence-corrected chi connectivity index (χ4v) is 2.61. The number of halogens is 1. The number of benzene rings is 1. The minimum Gasteiger partial charge on any atom is -0.369 e. The van der Waals surface area contributed by atoms with Crippen molar-refractivity contribution in [3.63, 3.8) is 0 Å². The lowest BCUT2D eigenvalue weighted by atomic mass is 10.1. The molecule has 1 aromatic rings. The lowest BCUT2D eigenvalue weighted by Crippen LogP contribution is -2.32. The zero-order valence-corrected chi connectivity index (χ0v) is 12.3. The predicted molar refractivity (Wildman–Crippen MR) is 76.6 cm³/mol. The monoisotopic (exact) mass is 283 g/mol. The van der Waals surface area contributed by atoms with Gasteiger partial charge in [-0.1, -0.05) is 28.9 Å². The first-order valence-corrected chi connectivity index (χ1v) is 7.18. The van der Waals surface area contributed by atoms with E-state index < -0.39 is 0 Å². The smallest absolute Gasteiger partial charge is 0.0371 e. The van der Waals surface area contributed by atoms with Crippen LogP contribution < -0.4 is 4.90 Å². The second-order valence-electron chi connectivity index (χ2n) is 4.29. The molecule has 0 aliphatic rings. The Hall–Kier alpha value is -0.500. The van der Waals surface area contributed by atoms with Gasteiger partial charge in [-0.05, 0) is 50.5 Å². The fraction of sp³-hybridized carbons (Fsp3) is 0.571. The zero-order valence-electron chi connectivity index (χ0n) is 10.8. The topological polar surface area (TPSA) is 3.24 Å². The number of rotatable bonds is 5. The van der Waals surface area contributed by atoms with E-state index in [-0.39, 0.29) is 0 Å². The fourth-order valence-electron chi connectivity index (χ4n) is 1.98. The molecule has 0 aliphatic heterocycles. The standard InChI is InChI=1S/C14H22BrN/c1-5-12(4)16(6-2)14-8-7-13(10-15)11(3)9-14/h7-9,12H,5-6,10H2,1-4H3. The lowest BCUT2D eigenvalue weighted by Gasteiger charge is -2.30. The molecule has 0 amide bonds. The van der Waals surface area contributed by atoms with E-state index in [4.69, 9.17) is 0 Å². The van der Waals surface area contributed by atoms with E-state index in [0.29, 0.717) is 6.04 Å². The summed E-state index contributed by atoms with van der Waals surface area (Å²) in [5.74, 6) is 0. The summed E-state index contributed by atoms with van der Waals surface area (Å²) in [4.78, 5) is 2.46. The van der Waals surface area contributed by atoms with Gasteiger partial charge in [-0.25, -0.2) is 0 Å². The summed E-state index contributed by atoms with van der Waals surface area (Å²) in [6, 6.07) is 7.37. The van der Waals surface area contributed by atoms with Crippen molar-refractivity contribution in [1.82, 2.24) is 0 Å². The van der Waals surface area contributed by atoms with E-state index in [1.807, 2.05) is 0 Å². The highest BCUT2D eigenvalue weighted by Crippen LogP contribution is 2.23. The van der Waals surface area contributed by atoms with E-state index in [1.54, 1.807) is 0 Å². The second kappa shape index (κ2) is 6.29. The van der Waals surface area contributed by atoms with Gasteiger partial charge in [0, 0.05) is 23.6 Å². The maximum atomic E-state index is 3.52. The third-order valence-corrected chi connectivity index (χ3v) is 3.87. The molecule has 0 saturated heterocycles. The second-order valence-corrected chi connectivity index (χ2v) is 4.85. The van der Waals surface area contributed by atoms with Crippen molar-refractivity contribution in [1.29, 1.82) is 0 Å². The normalized spacial score (nSPS) is 12.6. The van der Waals surface area contributed by atoms with Gasteiger partial charge in [0.25, 0.3) is 0 Å². The summed E-state index contributed by atoms with van der Waals surface area (Å²) >= 11 is 3.52. The average molecular weight is 284 g/mol. The van der Waals surface area contributed by atoms with Gasteiger partial charge >= 0.3 is 0 Å². The summed E-state index contributed by atoms with van der Waals surface area (Å²) in [5, 5.41) is 0.939. The maximum absolute atomic E-state index is 3.52. The maximum Gasteiger partial charge on any atom is 0.0371 e. The van der Waals surface area contributed by atoms with Gasteiger partial charge in [0.05, 0.1) is 0 Å². The molecule has 0 radical (unpaired) electrons. The molecule has 1 rings (SSSR count). The molecule has 1 atom stereocenters. The Morgan fingerprint density at radius 3 is 2.44 bits per heavy atom. The van der Waals surface area contributed by atoms with Crippen molar-refractivity contribution in [3.8, 4) is 0 Å². The Bertz CT molecular complexity index is 336. The summed E-state index contributed by atoms with van der Waals surface area (Å²) < 4.78 is 0. The molecule has 1 aromatic carbocycles. The van der Waals surface area contributed by atoms with Gasteiger partial charge in [0.1, 0.15) is 0 Å². The molecule has 1 unspecified atom stereocenters. The Morgan fingerprint density at radius 1 is 1.31 bits per heavy atom. The number of alkyl halides is 1. The van der Waals surface area contributed by atoms with Gasteiger partial charge in [-0.15, -0.1) is 0 Å². The van der Waals surface area contributed by atoms with Gasteiger partial charge in [0.2, 0.25) is 0 Å². The quantitative estimate of drug-likeness (QED) is 0.719. The Kier molecular flexibility index (Phi) is 5.33. The third-order valence-electron chi connectivity index (χ3n) is 3.27. The van der Waals surface area contributed by atoms with Gasteiger partial charge in [-0.2, -0.15) is 0 Å². The number of hydrogen-bond donors (Lipinski definition) is 0. The van der Waals surface area contributed by atoms with Gasteiger partial charge in [0.15, 0.2) is 0 Å². The number of nitrogens with zero attached hydrogens (tertiary/aromatic N) is 1. The van der Waals surface area contributed by atoms with Crippen LogP contribution in [0.25, 0.3) is 0 Å². The minimum atomic E-state index is 0.610. The zero-order chi connectivity index (χ0) is 12.1. The molecular formula is C14H22BrN. The van der Waals surface area contributed by atoms with Crippen LogP contribution in [0.15, 0.2) is 18.2 Å². The summed E-state index contributed by atoms with van der Waals surface area (Å²) in [6.45, 7) is 10.0. The number of hydrogen-bond acceptors (Lipinski definition) is 1. The van der Waals surface area contributed by atoms with Crippen LogP contribution in [0.4, 0.5) is 5.69 Å². The molecule has 0 fully saturated rings. The van der Waals surface area contributed by atoms with Crippen molar-refractivity contribution in [2.75, 3.05) is 11.4 Å². The molecule has 90 valence electrons. The van der Waals surface area contributed by atoms with Crippen LogP contribution in [-0.2, 0) is 5.33 Å². The Morgan fingerprint density at radius 2 is 2.00 bits per heavy atom. The molecule has 0 heterocycles. The van der Waals surface area contributed by atoms with Crippen molar-refractivity contribution in [2.45, 2.75) is 45.5 Å². The van der Waals surface area contributed by atoms with Crippen molar-refractivity contribution < 1.29 is 0 Å². The van der Waals surface area contributed by atoms with Crippen molar-refractivity contribution >= 4 is 21.6 Å². The molecule has 0 bridgehead atoms. The molecule has 0 spiro atoms. The van der Waals surface area contributed by atoms with Crippen molar-refractivity contribution in [2.24, 2.45) is 0 Å². The first-order chi connectivity index (χ1) is 7.63. The predicted octanol–water partition coefficient (Wildman–Crippen LogP) is 4.51. The van der Waals surface area contributed by atoms with Crippen LogP contribution in [-0.4, -0.2) is 12.6 Å². The Balaban J connectivity index is 2.98. The molecule has 0 N–H and O–H groups in total. The molecule has 0 saturated carbocycles. The molecule has 16 heavy (non-hydrogen) atoms. The van der Waals surface area contributed by atoms with Crippen LogP contribution in [0.1, 0.15) is 38.3 Å². The van der Waals surface area contributed by atoms with Crippen LogP contribution in [0.3, 0.4) is 0 Å². The summed E-state index contributed by atoms with van der Waals surface area (Å²) in [5.41, 5.74) is 4.10. The summed E-state index contributed by atoms with van der Waals surface area (Å²) in [6.07, 6.45) is 1.19. The molecule has 0 aliphatic carbocycles. The summed E-state index contributed by atoms with van der Waals surface area (Å²) in [7, 11) is 0. The molecule has 0 aromatic heterocycles. The molecular weight excluding hydrogens is 262 g/mol. The average Bonchev–Trinajstić information content (AvgIpc) is 2.30. The largest absolute Gasteiger partial charge is 0.369 e. The number of aryl methyl sites for hydroxylation is 1. The van der Waals surface area contributed by atoms with Crippen LogP contribution >= 0.6 is 15.9 Å². The first kappa shape index (κ1) is 13.6. The van der Waals surface area contributed by atoms with Crippen LogP contribution in [0.2, 0.25) is 0 Å². The highest BCUT2D eigenvalue weighted by molar-refractivity contribution is 9.08. The van der Waals surface area contributed by atoms with E-state index in [0.717, 1.165) is 11.9 Å². The van der Waals surface area contributed by atoms with E-state index in [9.17, 15) is 0 Å². The number of anilines is 1. The van der Waals surface area contributed by atoms with Crippen LogP contribution in [0, 0.1) is 6.92 Å². The highest BCUT2D eigenvalue weighted by atomic mass is 79.9. The highest BCUT2D eigenvalue weighted by Gasteiger charge is 2.11. The van der Waals surface area contributed by atoms with Crippen molar-refractivity contribution in [3.05, 3.63) is 29.3 Å². The van der Waals surface area contributed by atoms with E-state index >= 15 is 0 Å². The van der Waals surface area contributed by atoms with Crippen LogP contribution in [0.5, 0.6) is 0 Å². The van der Waals surface area contributed by atoms with E-state index in [2.05, 4.69) is 66.7 Å². The minimum absolute atomic E-state index is 0.610. The van der Waals surface area contributed by atoms with Gasteiger partial charge < -0.3 is 4.90 Å². The van der Waals surface area contributed by atoms with Gasteiger partial charge in [-0.3, -0.25) is 0 Å². The third kappa shape index (κ3) is 3.00. The first-order valence-electron chi connectivity index (χ1n) is 6.06. The SMILES string of the molecule is CCC(C)N(CC)c1ccc(CBr)c(C)c1. The molecule has 1 nitrogen and oxygen atoms in total. The molecule has 2 heteroatoms. The lowest BCUT2D eigenvalue weighted by molar-refractivity contribution is 0.630.